The van der Waals surface area contributed by atoms with Crippen molar-refractivity contribution in [3.8, 4) is 0 Å². The summed E-state index contributed by atoms with van der Waals surface area (Å²) in [5.74, 6) is 0.484. The number of hydrogen-bond donors (Lipinski definition) is 0. The summed E-state index contributed by atoms with van der Waals surface area (Å²) in [5, 5.41) is 0. The van der Waals surface area contributed by atoms with Crippen LogP contribution in [0.4, 0.5) is 0 Å². The van der Waals surface area contributed by atoms with Crippen LogP contribution in [0.5, 0.6) is 0 Å². The van der Waals surface area contributed by atoms with Gasteiger partial charge in [-0.25, -0.2) is 0 Å². The summed E-state index contributed by atoms with van der Waals surface area (Å²) in [6.07, 6.45) is 16.5. The molecule has 0 amide bonds. The van der Waals surface area contributed by atoms with E-state index in [1.807, 2.05) is 0 Å². The Morgan fingerprint density at radius 3 is 2.23 bits per heavy atom. The summed E-state index contributed by atoms with van der Waals surface area (Å²) >= 11 is 0. The molecular weight excluding hydrogens is 276 g/mol. The van der Waals surface area contributed by atoms with Crippen LogP contribution >= 0.6 is 0 Å². The maximum atomic E-state index is 11.5. The highest BCUT2D eigenvalue weighted by molar-refractivity contribution is 5.69. The Morgan fingerprint density at radius 1 is 1.05 bits per heavy atom. The van der Waals surface area contributed by atoms with Crippen LogP contribution in [-0.2, 0) is 14.3 Å². The van der Waals surface area contributed by atoms with Crippen molar-refractivity contribution in [3.05, 3.63) is 0 Å². The van der Waals surface area contributed by atoms with Crippen LogP contribution in [-0.4, -0.2) is 25.8 Å². The maximum Gasteiger partial charge on any atom is 0.305 e. The normalized spacial score (nSPS) is 18.2. The van der Waals surface area contributed by atoms with Gasteiger partial charge in [-0.15, -0.1) is 0 Å². The SMILES string of the molecule is CCCCCCCCC(CCCCCC1CO1)CC(=O)OC. The second-order valence-corrected chi connectivity index (χ2v) is 6.80. The summed E-state index contributed by atoms with van der Waals surface area (Å²) in [7, 11) is 1.50. The third kappa shape index (κ3) is 11.1. The van der Waals surface area contributed by atoms with Crippen molar-refractivity contribution in [3.63, 3.8) is 0 Å². The predicted octanol–water partition coefficient (Wildman–Crippen LogP) is 5.27. The fraction of sp³-hybridized carbons (Fsp3) is 0.947. The summed E-state index contributed by atoms with van der Waals surface area (Å²) in [6, 6.07) is 0. The zero-order chi connectivity index (χ0) is 16.0. The molecule has 0 saturated carbocycles. The smallest absolute Gasteiger partial charge is 0.305 e. The van der Waals surface area contributed by atoms with E-state index in [0.717, 1.165) is 6.61 Å². The van der Waals surface area contributed by atoms with Gasteiger partial charge in [-0.1, -0.05) is 64.7 Å². The van der Waals surface area contributed by atoms with Gasteiger partial charge >= 0.3 is 5.97 Å². The topological polar surface area (TPSA) is 38.8 Å². The molecule has 130 valence electrons. The zero-order valence-corrected chi connectivity index (χ0v) is 14.8. The first-order valence-electron chi connectivity index (χ1n) is 9.44. The molecule has 1 aliphatic heterocycles. The molecule has 1 fully saturated rings. The molecule has 0 bridgehead atoms. The minimum Gasteiger partial charge on any atom is -0.469 e. The van der Waals surface area contributed by atoms with Crippen molar-refractivity contribution in [2.75, 3.05) is 13.7 Å². The van der Waals surface area contributed by atoms with Crippen molar-refractivity contribution in [1.82, 2.24) is 0 Å². The van der Waals surface area contributed by atoms with Crippen molar-refractivity contribution in [2.24, 2.45) is 5.92 Å². The van der Waals surface area contributed by atoms with Gasteiger partial charge in [0.05, 0.1) is 19.8 Å². The lowest BCUT2D eigenvalue weighted by Gasteiger charge is -2.15. The van der Waals surface area contributed by atoms with Crippen LogP contribution in [0.15, 0.2) is 0 Å². The molecule has 3 heteroatoms. The Bertz CT molecular complexity index is 274. The fourth-order valence-electron chi connectivity index (χ4n) is 3.10. The molecule has 2 atom stereocenters. The van der Waals surface area contributed by atoms with Gasteiger partial charge in [0, 0.05) is 6.42 Å². The lowest BCUT2D eigenvalue weighted by molar-refractivity contribution is -0.141. The number of unbranched alkanes of at least 4 members (excludes halogenated alkanes) is 7. The molecule has 1 heterocycles. The first-order chi connectivity index (χ1) is 10.8. The van der Waals surface area contributed by atoms with Crippen molar-refractivity contribution < 1.29 is 14.3 Å². The van der Waals surface area contributed by atoms with Crippen LogP contribution in [0, 0.1) is 5.92 Å². The van der Waals surface area contributed by atoms with Crippen LogP contribution in [0.1, 0.15) is 90.4 Å². The van der Waals surface area contributed by atoms with Crippen LogP contribution in [0.25, 0.3) is 0 Å². The molecule has 0 aromatic rings. The van der Waals surface area contributed by atoms with E-state index in [-0.39, 0.29) is 5.97 Å². The van der Waals surface area contributed by atoms with E-state index in [2.05, 4.69) is 6.92 Å². The molecule has 0 spiro atoms. The third-order valence-corrected chi connectivity index (χ3v) is 4.69. The number of hydrogen-bond acceptors (Lipinski definition) is 3. The van der Waals surface area contributed by atoms with Crippen LogP contribution in [0.2, 0.25) is 0 Å². The Labute approximate surface area is 137 Å². The molecule has 0 aliphatic carbocycles. The lowest BCUT2D eigenvalue weighted by Crippen LogP contribution is -2.10. The van der Waals surface area contributed by atoms with Crippen molar-refractivity contribution in [2.45, 2.75) is 96.5 Å². The molecule has 1 aliphatic rings. The Kier molecular flexibility index (Phi) is 11.4. The molecule has 0 aromatic heterocycles. The largest absolute Gasteiger partial charge is 0.469 e. The van der Waals surface area contributed by atoms with Crippen LogP contribution in [0.3, 0.4) is 0 Å². The summed E-state index contributed by atoms with van der Waals surface area (Å²) in [6.45, 7) is 3.23. The van der Waals surface area contributed by atoms with Gasteiger partial charge < -0.3 is 9.47 Å². The molecule has 0 aromatic carbocycles. The van der Waals surface area contributed by atoms with Crippen LogP contribution < -0.4 is 0 Å². The van der Waals surface area contributed by atoms with Gasteiger partial charge in [-0.3, -0.25) is 4.79 Å². The maximum absolute atomic E-state index is 11.5. The predicted molar refractivity (Wildman–Crippen MR) is 90.9 cm³/mol. The number of ether oxygens (including phenoxy) is 2. The minimum absolute atomic E-state index is 0.0395. The standard InChI is InChI=1S/C19H36O3/c1-3-4-5-6-7-9-12-17(15-19(20)21-2)13-10-8-11-14-18-16-22-18/h17-18H,3-16H2,1-2H3. The van der Waals surface area contributed by atoms with Crippen molar-refractivity contribution >= 4 is 5.97 Å². The quantitative estimate of drug-likeness (QED) is 0.235. The summed E-state index contributed by atoms with van der Waals surface area (Å²) in [4.78, 5) is 11.5. The molecule has 0 N–H and O–H groups in total. The van der Waals surface area contributed by atoms with E-state index in [1.165, 1.54) is 84.2 Å². The number of methoxy groups -OCH3 is 1. The lowest BCUT2D eigenvalue weighted by atomic mass is 9.91. The van der Waals surface area contributed by atoms with E-state index < -0.39 is 0 Å². The van der Waals surface area contributed by atoms with E-state index in [1.54, 1.807) is 0 Å². The molecular formula is C19H36O3. The number of rotatable bonds is 15. The third-order valence-electron chi connectivity index (χ3n) is 4.69. The molecule has 0 radical (unpaired) electrons. The zero-order valence-electron chi connectivity index (χ0n) is 14.8. The fourth-order valence-corrected chi connectivity index (χ4v) is 3.10. The second kappa shape index (κ2) is 12.9. The number of esters is 1. The van der Waals surface area contributed by atoms with Gasteiger partial charge in [0.25, 0.3) is 0 Å². The van der Waals surface area contributed by atoms with Gasteiger partial charge in [0.2, 0.25) is 0 Å². The van der Waals surface area contributed by atoms with E-state index in [9.17, 15) is 4.79 Å². The number of carbonyl (C=O) groups is 1. The first kappa shape index (κ1) is 19.5. The second-order valence-electron chi connectivity index (χ2n) is 6.80. The number of carbonyl (C=O) groups excluding carboxylic acids is 1. The highest BCUT2D eigenvalue weighted by atomic mass is 16.6. The van der Waals surface area contributed by atoms with Crippen molar-refractivity contribution in [1.29, 1.82) is 0 Å². The minimum atomic E-state index is -0.0395. The molecule has 22 heavy (non-hydrogen) atoms. The molecule has 2 unspecified atom stereocenters. The Morgan fingerprint density at radius 2 is 1.64 bits per heavy atom. The van der Waals surface area contributed by atoms with E-state index >= 15 is 0 Å². The molecule has 3 nitrogen and oxygen atoms in total. The summed E-state index contributed by atoms with van der Waals surface area (Å²) in [5.41, 5.74) is 0. The van der Waals surface area contributed by atoms with Gasteiger partial charge in [-0.05, 0) is 25.2 Å². The Hall–Kier alpha value is -0.570. The van der Waals surface area contributed by atoms with Gasteiger partial charge in [0.15, 0.2) is 0 Å². The molecule has 1 rings (SSSR count). The Balaban J connectivity index is 2.06. The van der Waals surface area contributed by atoms with E-state index in [4.69, 9.17) is 9.47 Å². The first-order valence-corrected chi connectivity index (χ1v) is 9.44. The highest BCUT2D eigenvalue weighted by Crippen LogP contribution is 2.23. The average molecular weight is 312 g/mol. The molecule has 1 saturated heterocycles. The summed E-state index contributed by atoms with van der Waals surface area (Å²) < 4.78 is 10.1. The van der Waals surface area contributed by atoms with Gasteiger partial charge in [0.1, 0.15) is 0 Å². The average Bonchev–Trinajstić information content (AvgIpc) is 3.34. The number of epoxide rings is 1. The van der Waals surface area contributed by atoms with Gasteiger partial charge in [-0.2, -0.15) is 0 Å². The van der Waals surface area contributed by atoms with E-state index in [0.29, 0.717) is 18.4 Å². The highest BCUT2D eigenvalue weighted by Gasteiger charge is 2.21. The monoisotopic (exact) mass is 312 g/mol.